The average molecular weight is 331 g/mol. The Balaban J connectivity index is 1.88. The molecule has 7 nitrogen and oxygen atoms in total. The normalized spacial score (nSPS) is 17.1. The van der Waals surface area contributed by atoms with E-state index in [-0.39, 0.29) is 30.1 Å². The average Bonchev–Trinajstić information content (AvgIpc) is 2.87. The molecule has 0 aliphatic carbocycles. The van der Waals surface area contributed by atoms with Gasteiger partial charge >= 0.3 is 6.09 Å². The summed E-state index contributed by atoms with van der Waals surface area (Å²) in [4.78, 5) is 35.6. The Morgan fingerprint density at radius 3 is 2.71 bits per heavy atom. The molecule has 2 N–H and O–H groups in total. The summed E-state index contributed by atoms with van der Waals surface area (Å²) in [5.41, 5.74) is 0.101. The topological polar surface area (TPSA) is 91.6 Å². The van der Waals surface area contributed by atoms with Crippen LogP contribution in [0.25, 0.3) is 5.69 Å². The zero-order valence-electron chi connectivity index (χ0n) is 12.5. The van der Waals surface area contributed by atoms with Crippen LogP contribution in [0.4, 0.5) is 14.9 Å². The second-order valence-electron chi connectivity index (χ2n) is 5.40. The molecule has 2 aromatic rings. The van der Waals surface area contributed by atoms with Gasteiger partial charge in [0.25, 0.3) is 5.56 Å². The number of carbonyl (C=O) groups excluding carboxylic acids is 1. The maximum Gasteiger partial charge on any atom is 0.404 e. The Hall–Kier alpha value is -3.16. The lowest BCUT2D eigenvalue weighted by Gasteiger charge is -2.18. The third-order valence-electron chi connectivity index (χ3n) is 3.78. The van der Waals surface area contributed by atoms with Crippen LogP contribution < -0.4 is 15.8 Å². The fourth-order valence-corrected chi connectivity index (χ4v) is 2.72. The van der Waals surface area contributed by atoms with Gasteiger partial charge in [-0.3, -0.25) is 14.2 Å². The number of benzene rings is 1. The smallest absolute Gasteiger partial charge is 0.404 e. The van der Waals surface area contributed by atoms with Gasteiger partial charge in [0.2, 0.25) is 5.91 Å². The summed E-state index contributed by atoms with van der Waals surface area (Å²) in [6.07, 6.45) is 0.268. The zero-order chi connectivity index (χ0) is 17.3. The molecular weight excluding hydrogens is 317 g/mol. The van der Waals surface area contributed by atoms with E-state index in [9.17, 15) is 18.8 Å². The van der Waals surface area contributed by atoms with Crippen molar-refractivity contribution in [2.24, 2.45) is 0 Å². The molecule has 1 atom stereocenters. The van der Waals surface area contributed by atoms with E-state index < -0.39 is 18.0 Å². The molecule has 3 rings (SSSR count). The molecule has 1 aromatic carbocycles. The number of anilines is 1. The Bertz CT molecular complexity index is 864. The van der Waals surface area contributed by atoms with Crippen LogP contribution in [0.5, 0.6) is 0 Å². The van der Waals surface area contributed by atoms with Gasteiger partial charge in [-0.1, -0.05) is 6.07 Å². The lowest BCUT2D eigenvalue weighted by Crippen LogP contribution is -2.36. The second kappa shape index (κ2) is 6.15. The molecular formula is C16H14FN3O4. The summed E-state index contributed by atoms with van der Waals surface area (Å²) >= 11 is 0. The number of pyridine rings is 1. The van der Waals surface area contributed by atoms with Crippen molar-refractivity contribution in [3.63, 3.8) is 0 Å². The molecule has 1 aliphatic rings. The molecule has 0 bridgehead atoms. The maximum atomic E-state index is 14.4. The fraction of sp³-hybridized carbons (Fsp3) is 0.188. The summed E-state index contributed by atoms with van der Waals surface area (Å²) in [5, 5.41) is 10.9. The number of carboxylic acid groups (broad SMARTS) is 1. The highest BCUT2D eigenvalue weighted by Gasteiger charge is 2.33. The first kappa shape index (κ1) is 15.7. The number of aromatic nitrogens is 1. The van der Waals surface area contributed by atoms with Crippen LogP contribution in [-0.4, -0.2) is 34.3 Å². The molecule has 0 saturated carbocycles. The van der Waals surface area contributed by atoms with Crippen LogP contribution in [0.1, 0.15) is 6.42 Å². The van der Waals surface area contributed by atoms with Gasteiger partial charge in [0.15, 0.2) is 0 Å². The summed E-state index contributed by atoms with van der Waals surface area (Å²) in [7, 11) is 0. The Morgan fingerprint density at radius 1 is 1.25 bits per heavy atom. The molecule has 1 unspecified atom stereocenters. The molecule has 124 valence electrons. The summed E-state index contributed by atoms with van der Waals surface area (Å²) in [6.45, 7) is 0.0622. The first-order valence-corrected chi connectivity index (χ1v) is 7.23. The fourth-order valence-electron chi connectivity index (χ4n) is 2.72. The molecule has 24 heavy (non-hydrogen) atoms. The van der Waals surface area contributed by atoms with Gasteiger partial charge in [-0.2, -0.15) is 0 Å². The number of halogens is 1. The molecule has 1 aliphatic heterocycles. The van der Waals surface area contributed by atoms with E-state index in [1.165, 1.54) is 39.9 Å². The molecule has 2 amide bonds. The van der Waals surface area contributed by atoms with E-state index in [1.807, 2.05) is 0 Å². The molecule has 1 fully saturated rings. The van der Waals surface area contributed by atoms with Gasteiger partial charge in [0.1, 0.15) is 5.82 Å². The monoisotopic (exact) mass is 331 g/mol. The van der Waals surface area contributed by atoms with E-state index in [2.05, 4.69) is 5.32 Å². The SMILES string of the molecule is O=C(O)NC1CC(=O)N(c2ccc(-n3ccccc3=O)cc2F)C1. The van der Waals surface area contributed by atoms with Crippen LogP contribution in [-0.2, 0) is 4.79 Å². The van der Waals surface area contributed by atoms with Crippen LogP contribution in [0, 0.1) is 5.82 Å². The molecule has 1 saturated heterocycles. The van der Waals surface area contributed by atoms with Crippen LogP contribution in [0.2, 0.25) is 0 Å². The van der Waals surface area contributed by atoms with Crippen LogP contribution in [0.15, 0.2) is 47.4 Å². The number of rotatable bonds is 3. The van der Waals surface area contributed by atoms with Gasteiger partial charge in [-0.15, -0.1) is 0 Å². The van der Waals surface area contributed by atoms with Crippen molar-refractivity contribution >= 4 is 17.7 Å². The Kier molecular flexibility index (Phi) is 4.03. The predicted molar refractivity (Wildman–Crippen MR) is 83.9 cm³/mol. The predicted octanol–water partition coefficient (Wildman–Crippen LogP) is 1.35. The van der Waals surface area contributed by atoms with Crippen molar-refractivity contribution in [3.8, 4) is 5.69 Å². The van der Waals surface area contributed by atoms with E-state index >= 15 is 0 Å². The molecule has 8 heteroatoms. The number of amides is 2. The van der Waals surface area contributed by atoms with Crippen molar-refractivity contribution in [1.29, 1.82) is 0 Å². The maximum absolute atomic E-state index is 14.4. The van der Waals surface area contributed by atoms with Crippen LogP contribution in [0.3, 0.4) is 0 Å². The lowest BCUT2D eigenvalue weighted by molar-refractivity contribution is -0.117. The number of nitrogens with zero attached hydrogens (tertiary/aromatic N) is 2. The lowest BCUT2D eigenvalue weighted by atomic mass is 10.2. The number of carbonyl (C=O) groups is 2. The van der Waals surface area contributed by atoms with E-state index in [0.717, 1.165) is 0 Å². The van der Waals surface area contributed by atoms with Crippen molar-refractivity contribution in [1.82, 2.24) is 9.88 Å². The van der Waals surface area contributed by atoms with Gasteiger partial charge in [0.05, 0.1) is 17.4 Å². The molecule has 2 heterocycles. The Morgan fingerprint density at radius 2 is 2.04 bits per heavy atom. The van der Waals surface area contributed by atoms with Crippen molar-refractivity contribution in [3.05, 3.63) is 58.8 Å². The van der Waals surface area contributed by atoms with Crippen molar-refractivity contribution < 1.29 is 19.1 Å². The standard InChI is InChI=1S/C16H14FN3O4/c17-12-8-11(19-6-2-1-3-14(19)21)4-5-13(12)20-9-10(7-15(20)22)18-16(23)24/h1-6,8,10,18H,7,9H2,(H,23,24). The number of hydrogen-bond donors (Lipinski definition) is 2. The zero-order valence-corrected chi connectivity index (χ0v) is 12.5. The van der Waals surface area contributed by atoms with E-state index in [0.29, 0.717) is 5.69 Å². The third-order valence-corrected chi connectivity index (χ3v) is 3.78. The molecule has 1 aromatic heterocycles. The van der Waals surface area contributed by atoms with E-state index in [4.69, 9.17) is 5.11 Å². The molecule has 0 spiro atoms. The van der Waals surface area contributed by atoms with Crippen LogP contribution >= 0.6 is 0 Å². The third kappa shape index (κ3) is 2.98. The highest BCUT2D eigenvalue weighted by molar-refractivity contribution is 5.96. The highest BCUT2D eigenvalue weighted by atomic mass is 19.1. The highest BCUT2D eigenvalue weighted by Crippen LogP contribution is 2.26. The Labute approximate surface area is 135 Å². The summed E-state index contributed by atoms with van der Waals surface area (Å²) in [6, 6.07) is 8.13. The molecule has 0 radical (unpaired) electrons. The number of hydrogen-bond acceptors (Lipinski definition) is 3. The largest absolute Gasteiger partial charge is 0.465 e. The summed E-state index contributed by atoms with van der Waals surface area (Å²) in [5.74, 6) is -1.02. The van der Waals surface area contributed by atoms with Gasteiger partial charge in [-0.25, -0.2) is 9.18 Å². The van der Waals surface area contributed by atoms with Gasteiger partial charge < -0.3 is 15.3 Å². The minimum Gasteiger partial charge on any atom is -0.465 e. The summed E-state index contributed by atoms with van der Waals surface area (Å²) < 4.78 is 15.7. The second-order valence-corrected chi connectivity index (χ2v) is 5.40. The van der Waals surface area contributed by atoms with E-state index in [1.54, 1.807) is 12.1 Å². The minimum absolute atomic E-state index is 0.0222. The quantitative estimate of drug-likeness (QED) is 0.888. The van der Waals surface area contributed by atoms with Gasteiger partial charge in [0, 0.05) is 31.3 Å². The van der Waals surface area contributed by atoms with Gasteiger partial charge in [-0.05, 0) is 18.2 Å². The number of nitrogens with one attached hydrogen (secondary N) is 1. The first-order chi connectivity index (χ1) is 11.5. The first-order valence-electron chi connectivity index (χ1n) is 7.23. The van der Waals surface area contributed by atoms with Crippen molar-refractivity contribution in [2.45, 2.75) is 12.5 Å². The minimum atomic E-state index is -1.23. The van der Waals surface area contributed by atoms with Crippen molar-refractivity contribution in [2.75, 3.05) is 11.4 Å².